The molecule has 0 radical (unpaired) electrons. The van der Waals surface area contributed by atoms with Crippen molar-refractivity contribution in [3.63, 3.8) is 0 Å². The summed E-state index contributed by atoms with van der Waals surface area (Å²) in [5.74, 6) is 0. The molecule has 4 nitrogen and oxygen atoms in total. The summed E-state index contributed by atoms with van der Waals surface area (Å²) < 4.78 is 0. The molecule has 0 N–H and O–H groups in total. The molecule has 1 rings (SSSR count). The predicted octanol–water partition coefficient (Wildman–Crippen LogP) is 1.89. The summed E-state index contributed by atoms with van der Waals surface area (Å²) in [4.78, 5) is 12.9. The predicted molar refractivity (Wildman–Crippen MR) is 41.2 cm³/mol. The van der Waals surface area contributed by atoms with Crippen molar-refractivity contribution in [3.05, 3.63) is 41.0 Å². The number of pyridine rings is 1. The number of rotatable bonds is 1. The number of nitrogens with zero attached hydrogens (tertiary/aromatic N) is 2. The van der Waals surface area contributed by atoms with Crippen LogP contribution in [0, 0.1) is 23.6 Å². The van der Waals surface area contributed by atoms with Gasteiger partial charge in [0.15, 0.2) is 5.69 Å². The Morgan fingerprint density at radius 3 is 2.58 bits per heavy atom. The van der Waals surface area contributed by atoms with E-state index in [1.165, 1.54) is 12.3 Å². The van der Waals surface area contributed by atoms with Crippen LogP contribution < -0.4 is 0 Å². The topological polar surface area (TPSA) is 56.0 Å². The Bertz CT molecular complexity index is 269. The van der Waals surface area contributed by atoms with Gasteiger partial charge in [0, 0.05) is 4.92 Å². The summed E-state index contributed by atoms with van der Waals surface area (Å²) in [6.07, 6.45) is 1.34. The Hall–Kier alpha value is -0.537. The van der Waals surface area contributed by atoms with Gasteiger partial charge >= 0.3 is 19.5 Å². The largest absolute Gasteiger partial charge is 2.00 e. The zero-order valence-electron chi connectivity index (χ0n) is 6.45. The molecule has 0 unspecified atom stereocenters. The van der Waals surface area contributed by atoms with Crippen molar-refractivity contribution in [2.75, 3.05) is 0 Å². The first-order valence-electron chi connectivity index (χ1n) is 2.38. The molecule has 0 saturated heterocycles. The third-order valence-electron chi connectivity index (χ3n) is 0.860. The van der Waals surface area contributed by atoms with Crippen molar-refractivity contribution in [2.24, 2.45) is 0 Å². The first kappa shape index (κ1) is 14.0. The van der Waals surface area contributed by atoms with Gasteiger partial charge in [-0.3, -0.25) is 10.1 Å². The zero-order valence-corrected chi connectivity index (χ0v) is 10.2. The average molecular weight is 238 g/mol. The minimum absolute atomic E-state index is 0. The van der Waals surface area contributed by atoms with Gasteiger partial charge in [0.05, 0.1) is 5.15 Å². The van der Waals surface area contributed by atoms with E-state index in [9.17, 15) is 10.1 Å². The van der Waals surface area contributed by atoms with Crippen molar-refractivity contribution in [2.45, 2.75) is 0 Å². The van der Waals surface area contributed by atoms with E-state index in [4.69, 9.17) is 11.6 Å². The van der Waals surface area contributed by atoms with E-state index >= 15 is 0 Å². The second kappa shape index (κ2) is 6.03. The molecule has 0 atom stereocenters. The van der Waals surface area contributed by atoms with Crippen molar-refractivity contribution in [3.8, 4) is 0 Å². The van der Waals surface area contributed by atoms with Gasteiger partial charge in [0.1, 0.15) is 0 Å². The Kier molecular flexibility index (Phi) is 7.04. The van der Waals surface area contributed by atoms with Crippen molar-refractivity contribution in [1.29, 1.82) is 0 Å². The molecular formula is C6H5ClN2O2Zn. The van der Waals surface area contributed by atoms with E-state index < -0.39 is 4.92 Å². The molecule has 0 aliphatic rings. The molecule has 0 bridgehead atoms. The molecule has 0 aliphatic carbocycles. The number of nitro groups is 1. The standard InChI is InChI=1S/C5H2ClN2O2.CH3.Zn/c6-5-4(8(9)10)2-1-3-7-5;;/h1,3H;1H3;/q2*-1;+2. The number of hydrogen-bond acceptors (Lipinski definition) is 3. The fraction of sp³-hybridized carbons (Fsp3) is 0. The van der Waals surface area contributed by atoms with E-state index in [1.807, 2.05) is 0 Å². The molecule has 1 aromatic rings. The Morgan fingerprint density at radius 2 is 2.25 bits per heavy atom. The van der Waals surface area contributed by atoms with Crippen molar-refractivity contribution >= 4 is 17.3 Å². The summed E-state index contributed by atoms with van der Waals surface area (Å²) in [5, 5.41) is 9.94. The summed E-state index contributed by atoms with van der Waals surface area (Å²) >= 11 is 5.34. The smallest absolute Gasteiger partial charge is 0.367 e. The third kappa shape index (κ3) is 3.24. The van der Waals surface area contributed by atoms with E-state index in [0.717, 1.165) is 0 Å². The maximum absolute atomic E-state index is 10.1. The maximum atomic E-state index is 10.1. The summed E-state index contributed by atoms with van der Waals surface area (Å²) in [7, 11) is 0. The van der Waals surface area contributed by atoms with E-state index in [2.05, 4.69) is 11.1 Å². The van der Waals surface area contributed by atoms with Crippen LogP contribution in [0.3, 0.4) is 0 Å². The molecule has 60 valence electrons. The normalized spacial score (nSPS) is 7.75. The number of halogens is 1. The molecule has 1 aromatic heterocycles. The molecule has 6 heteroatoms. The van der Waals surface area contributed by atoms with E-state index in [1.54, 1.807) is 0 Å². The Labute approximate surface area is 87.9 Å². The molecular weight excluding hydrogens is 233 g/mol. The molecule has 0 aromatic carbocycles. The molecule has 0 amide bonds. The van der Waals surface area contributed by atoms with Crippen LogP contribution in [-0.4, -0.2) is 9.91 Å². The first-order valence-corrected chi connectivity index (χ1v) is 2.76. The molecule has 1 heterocycles. The van der Waals surface area contributed by atoms with Crippen LogP contribution in [0.15, 0.2) is 12.3 Å². The average Bonchev–Trinajstić information content (AvgIpc) is 1.88. The van der Waals surface area contributed by atoms with Gasteiger partial charge in [-0.25, -0.2) is 0 Å². The van der Waals surface area contributed by atoms with Gasteiger partial charge in [-0.15, -0.1) is 11.6 Å². The quantitative estimate of drug-likeness (QED) is 0.247. The number of hydrogen-bond donors (Lipinski definition) is 0. The van der Waals surface area contributed by atoms with Crippen LogP contribution >= 0.6 is 11.6 Å². The molecule has 12 heavy (non-hydrogen) atoms. The minimum Gasteiger partial charge on any atom is -0.367 e. The van der Waals surface area contributed by atoms with Gasteiger partial charge in [0.25, 0.3) is 0 Å². The van der Waals surface area contributed by atoms with Crippen LogP contribution in [0.4, 0.5) is 5.69 Å². The van der Waals surface area contributed by atoms with Crippen LogP contribution in [0.2, 0.25) is 5.15 Å². The van der Waals surface area contributed by atoms with Crippen molar-refractivity contribution in [1.82, 2.24) is 4.98 Å². The SMILES string of the molecule is O=[N+]([O-])c1[c-]ccnc1Cl.[CH3-].[Zn+2]. The fourth-order valence-corrected chi connectivity index (χ4v) is 0.648. The molecule has 0 aliphatic heterocycles. The van der Waals surface area contributed by atoms with Crippen molar-refractivity contribution < 1.29 is 24.4 Å². The number of aromatic nitrogens is 1. The van der Waals surface area contributed by atoms with E-state index in [0.29, 0.717) is 0 Å². The Morgan fingerprint density at radius 1 is 1.67 bits per heavy atom. The van der Waals surface area contributed by atoms with Crippen LogP contribution in [0.1, 0.15) is 0 Å². The van der Waals surface area contributed by atoms with Gasteiger partial charge < -0.3 is 12.4 Å². The summed E-state index contributed by atoms with van der Waals surface area (Å²) in [6, 6.07) is 3.68. The van der Waals surface area contributed by atoms with E-state index in [-0.39, 0.29) is 37.7 Å². The first-order chi connectivity index (χ1) is 4.72. The third-order valence-corrected chi connectivity index (χ3v) is 1.14. The second-order valence-electron chi connectivity index (χ2n) is 1.49. The maximum Gasteiger partial charge on any atom is 2.00 e. The summed E-state index contributed by atoms with van der Waals surface area (Å²) in [6.45, 7) is 0. The second-order valence-corrected chi connectivity index (χ2v) is 1.84. The molecule has 0 spiro atoms. The molecule has 0 fully saturated rings. The van der Waals surface area contributed by atoms with Gasteiger partial charge in [-0.2, -0.15) is 6.07 Å². The summed E-state index contributed by atoms with van der Waals surface area (Å²) in [5.41, 5.74) is -0.288. The Balaban J connectivity index is 0. The molecule has 0 saturated carbocycles. The van der Waals surface area contributed by atoms with Crippen LogP contribution in [-0.2, 0) is 19.5 Å². The monoisotopic (exact) mass is 236 g/mol. The minimum atomic E-state index is -0.630. The van der Waals surface area contributed by atoms with Crippen LogP contribution in [0.5, 0.6) is 0 Å². The van der Waals surface area contributed by atoms with Gasteiger partial charge in [0.2, 0.25) is 0 Å². The van der Waals surface area contributed by atoms with Gasteiger partial charge in [-0.1, -0.05) is 12.3 Å². The fourth-order valence-electron chi connectivity index (χ4n) is 0.468. The van der Waals surface area contributed by atoms with Gasteiger partial charge in [-0.05, 0) is 0 Å². The zero-order chi connectivity index (χ0) is 7.56. The van der Waals surface area contributed by atoms with Crippen LogP contribution in [0.25, 0.3) is 0 Å².